The van der Waals surface area contributed by atoms with Crippen molar-refractivity contribution in [2.45, 2.75) is 52.0 Å². The van der Waals surface area contributed by atoms with E-state index in [4.69, 9.17) is 0 Å². The number of nitrogens with one attached hydrogen (secondary N) is 1. The predicted molar refractivity (Wildman–Crippen MR) is 81.9 cm³/mol. The number of hydrogen-bond donors (Lipinski definition) is 3. The quantitative estimate of drug-likeness (QED) is 0.763. The normalized spacial score (nSPS) is 24.5. The Morgan fingerprint density at radius 2 is 2.10 bits per heavy atom. The van der Waals surface area contributed by atoms with E-state index in [1.807, 2.05) is 0 Å². The van der Waals surface area contributed by atoms with Gasteiger partial charge in [-0.15, -0.1) is 0 Å². The zero-order valence-electron chi connectivity index (χ0n) is 12.6. The lowest BCUT2D eigenvalue weighted by atomic mass is 9.81. The fourth-order valence-corrected chi connectivity index (χ4v) is 3.33. The third kappa shape index (κ3) is 4.14. The summed E-state index contributed by atoms with van der Waals surface area (Å²) in [7, 11) is 0. The van der Waals surface area contributed by atoms with Gasteiger partial charge in [-0.2, -0.15) is 0 Å². The summed E-state index contributed by atoms with van der Waals surface area (Å²) >= 11 is 0. The van der Waals surface area contributed by atoms with Gasteiger partial charge >= 0.3 is 0 Å². The number of aromatic hydroxyl groups is 2. The van der Waals surface area contributed by atoms with Crippen LogP contribution in [0.3, 0.4) is 0 Å². The van der Waals surface area contributed by atoms with Crippen LogP contribution in [0.25, 0.3) is 0 Å². The van der Waals surface area contributed by atoms with E-state index in [1.54, 1.807) is 12.1 Å². The van der Waals surface area contributed by atoms with Gasteiger partial charge in [-0.1, -0.05) is 32.3 Å². The van der Waals surface area contributed by atoms with Crippen LogP contribution in [0.2, 0.25) is 0 Å². The Morgan fingerprint density at radius 1 is 1.30 bits per heavy atom. The lowest BCUT2D eigenvalue weighted by molar-refractivity contribution is 0.265. The molecule has 20 heavy (non-hydrogen) atoms. The maximum Gasteiger partial charge on any atom is 0.124 e. The summed E-state index contributed by atoms with van der Waals surface area (Å²) in [5.74, 6) is 2.00. The van der Waals surface area contributed by atoms with Crippen molar-refractivity contribution in [3.63, 3.8) is 0 Å². The Morgan fingerprint density at radius 3 is 2.80 bits per heavy atom. The first-order chi connectivity index (χ1) is 9.56. The van der Waals surface area contributed by atoms with Gasteiger partial charge in [-0.3, -0.25) is 0 Å². The molecule has 1 aliphatic rings. The van der Waals surface area contributed by atoms with Crippen molar-refractivity contribution >= 4 is 0 Å². The Bertz CT molecular complexity index is 433. The van der Waals surface area contributed by atoms with Gasteiger partial charge in [0.2, 0.25) is 0 Å². The van der Waals surface area contributed by atoms with E-state index in [0.29, 0.717) is 0 Å². The van der Waals surface area contributed by atoms with Gasteiger partial charge in [-0.05, 0) is 44.2 Å². The van der Waals surface area contributed by atoms with Gasteiger partial charge in [0, 0.05) is 17.7 Å². The van der Waals surface area contributed by atoms with Crippen LogP contribution in [0.4, 0.5) is 0 Å². The standard InChI is InChI=1S/C17H27NO2/c1-12-4-3-5-14(10-12)8-9-18-13(2)16-7-6-15(19)11-17(16)20/h6-7,11-14,18-20H,3-5,8-10H2,1-2H3. The second kappa shape index (κ2) is 6.98. The van der Waals surface area contributed by atoms with Crippen LogP contribution in [-0.4, -0.2) is 16.8 Å². The molecule has 3 atom stereocenters. The third-order valence-electron chi connectivity index (χ3n) is 4.53. The van der Waals surface area contributed by atoms with Crippen LogP contribution in [0.1, 0.15) is 57.6 Å². The molecule has 3 unspecified atom stereocenters. The topological polar surface area (TPSA) is 52.5 Å². The highest BCUT2D eigenvalue weighted by atomic mass is 16.3. The Labute approximate surface area is 122 Å². The van der Waals surface area contributed by atoms with Gasteiger partial charge < -0.3 is 15.5 Å². The summed E-state index contributed by atoms with van der Waals surface area (Å²) in [5, 5.41) is 22.6. The Hall–Kier alpha value is -1.22. The van der Waals surface area contributed by atoms with Gasteiger partial charge in [0.25, 0.3) is 0 Å². The summed E-state index contributed by atoms with van der Waals surface area (Å²) < 4.78 is 0. The van der Waals surface area contributed by atoms with E-state index < -0.39 is 0 Å². The highest BCUT2D eigenvalue weighted by Gasteiger charge is 2.19. The van der Waals surface area contributed by atoms with Crippen LogP contribution in [0, 0.1) is 11.8 Å². The summed E-state index contributed by atoms with van der Waals surface area (Å²) in [5.41, 5.74) is 0.847. The van der Waals surface area contributed by atoms with E-state index in [2.05, 4.69) is 19.2 Å². The lowest BCUT2D eigenvalue weighted by Crippen LogP contribution is -2.23. The maximum absolute atomic E-state index is 9.84. The SMILES string of the molecule is CC1CCCC(CCNC(C)c2ccc(O)cc2O)C1. The van der Waals surface area contributed by atoms with Crippen molar-refractivity contribution < 1.29 is 10.2 Å². The fourth-order valence-electron chi connectivity index (χ4n) is 3.33. The van der Waals surface area contributed by atoms with Crippen LogP contribution in [0.5, 0.6) is 11.5 Å². The highest BCUT2D eigenvalue weighted by Crippen LogP contribution is 2.31. The smallest absolute Gasteiger partial charge is 0.124 e. The van der Waals surface area contributed by atoms with Crippen LogP contribution in [0.15, 0.2) is 18.2 Å². The van der Waals surface area contributed by atoms with Crippen molar-refractivity contribution in [2.24, 2.45) is 11.8 Å². The molecule has 2 rings (SSSR count). The third-order valence-corrected chi connectivity index (χ3v) is 4.53. The molecule has 1 saturated carbocycles. The van der Waals surface area contributed by atoms with Gasteiger partial charge in [0.05, 0.1) is 0 Å². The first-order valence-electron chi connectivity index (χ1n) is 7.81. The molecule has 0 saturated heterocycles. The zero-order chi connectivity index (χ0) is 14.5. The average molecular weight is 277 g/mol. The summed E-state index contributed by atoms with van der Waals surface area (Å²) in [6.07, 6.45) is 6.71. The molecule has 1 fully saturated rings. The molecule has 3 nitrogen and oxygen atoms in total. The minimum absolute atomic E-state index is 0.106. The van der Waals surface area contributed by atoms with Crippen molar-refractivity contribution in [1.82, 2.24) is 5.32 Å². The lowest BCUT2D eigenvalue weighted by Gasteiger charge is -2.27. The molecule has 0 amide bonds. The number of rotatable bonds is 5. The minimum atomic E-state index is 0.106. The monoisotopic (exact) mass is 277 g/mol. The van der Waals surface area contributed by atoms with E-state index in [-0.39, 0.29) is 17.5 Å². The molecule has 1 aromatic rings. The van der Waals surface area contributed by atoms with Crippen molar-refractivity contribution in [2.75, 3.05) is 6.54 Å². The largest absolute Gasteiger partial charge is 0.508 e. The number of benzene rings is 1. The van der Waals surface area contributed by atoms with E-state index in [1.165, 1.54) is 38.2 Å². The van der Waals surface area contributed by atoms with Gasteiger partial charge in [-0.25, -0.2) is 0 Å². The molecule has 3 N–H and O–H groups in total. The maximum atomic E-state index is 9.84. The van der Waals surface area contributed by atoms with E-state index >= 15 is 0 Å². The van der Waals surface area contributed by atoms with Crippen molar-refractivity contribution in [1.29, 1.82) is 0 Å². The minimum Gasteiger partial charge on any atom is -0.508 e. The number of hydrogen-bond acceptors (Lipinski definition) is 3. The van der Waals surface area contributed by atoms with Crippen LogP contribution in [-0.2, 0) is 0 Å². The molecular formula is C17H27NO2. The predicted octanol–water partition coefficient (Wildman–Crippen LogP) is 3.96. The summed E-state index contributed by atoms with van der Waals surface area (Å²) in [6, 6.07) is 4.91. The molecule has 0 bridgehead atoms. The van der Waals surface area contributed by atoms with Crippen molar-refractivity contribution in [3.05, 3.63) is 23.8 Å². The van der Waals surface area contributed by atoms with Gasteiger partial charge in [0.15, 0.2) is 0 Å². The molecule has 112 valence electrons. The van der Waals surface area contributed by atoms with Crippen LogP contribution < -0.4 is 5.32 Å². The molecule has 0 radical (unpaired) electrons. The molecule has 1 aromatic carbocycles. The number of phenols is 2. The molecule has 0 aromatic heterocycles. The van der Waals surface area contributed by atoms with E-state index in [9.17, 15) is 10.2 Å². The number of phenolic OH excluding ortho intramolecular Hbond substituents is 2. The Kier molecular flexibility index (Phi) is 5.30. The van der Waals surface area contributed by atoms with Crippen LogP contribution >= 0.6 is 0 Å². The Balaban J connectivity index is 1.78. The molecule has 3 heteroatoms. The first kappa shape index (κ1) is 15.2. The second-order valence-corrected chi connectivity index (χ2v) is 6.35. The summed E-state index contributed by atoms with van der Waals surface area (Å²) in [4.78, 5) is 0. The zero-order valence-corrected chi connectivity index (χ0v) is 12.6. The molecule has 0 aliphatic heterocycles. The molecule has 1 aliphatic carbocycles. The first-order valence-corrected chi connectivity index (χ1v) is 7.81. The summed E-state index contributed by atoms with van der Waals surface area (Å²) in [6.45, 7) is 5.39. The van der Waals surface area contributed by atoms with E-state index in [0.717, 1.165) is 23.9 Å². The average Bonchev–Trinajstić information content (AvgIpc) is 2.38. The molecular weight excluding hydrogens is 250 g/mol. The molecule has 0 spiro atoms. The highest BCUT2D eigenvalue weighted by molar-refractivity contribution is 5.40. The van der Waals surface area contributed by atoms with Gasteiger partial charge in [0.1, 0.15) is 11.5 Å². The van der Waals surface area contributed by atoms with Crippen molar-refractivity contribution in [3.8, 4) is 11.5 Å². The second-order valence-electron chi connectivity index (χ2n) is 6.35. The fraction of sp³-hybridized carbons (Fsp3) is 0.647. The molecule has 0 heterocycles.